The first kappa shape index (κ1) is 2590. The van der Waals surface area contributed by atoms with Gasteiger partial charge < -0.3 is 33.7 Å². The zero-order chi connectivity index (χ0) is 0. The summed E-state index contributed by atoms with van der Waals surface area (Å²) >= 11 is 0. The largest absolute Gasteiger partial charge is 4.00 e. The van der Waals surface area contributed by atoms with Crippen LogP contribution in [0.2, 0.25) is 0 Å². The Hall–Kier alpha value is 0.423. The fourth-order valence-corrected chi connectivity index (χ4v) is 0. The molecule has 0 heterocycles. The fourth-order valence-electron chi connectivity index (χ4n) is 0. The summed E-state index contributed by atoms with van der Waals surface area (Å²) in [7, 11) is 0. The van der Waals surface area contributed by atoms with E-state index in [0.29, 0.717) is 0 Å². The monoisotopic (exact) mass is 224 g/mol. The summed E-state index contributed by atoms with van der Waals surface area (Å²) in [6.45, 7) is 0. The van der Waals surface area contributed by atoms with Gasteiger partial charge in [0.05, 0.1) is 0 Å². The van der Waals surface area contributed by atoms with E-state index in [4.69, 9.17) is 0 Å². The molecule has 0 unspecified atom stereocenters. The molecule has 0 aromatic carbocycles. The maximum absolute atomic E-state index is 0. The quantitative estimate of drug-likeness (QED) is 0.367. The predicted octanol–water partition coefficient (Wildman–Crippen LogP) is -19.2. The van der Waals surface area contributed by atoms with Crippen LogP contribution in [0.1, 0.15) is 0 Å². The van der Waals surface area contributed by atoms with Crippen molar-refractivity contribution in [2.75, 3.05) is 0 Å². The molecule has 0 spiro atoms. The Morgan fingerprint density at radius 1 is 0.375 bits per heavy atom. The van der Waals surface area contributed by atoms with E-state index >= 15 is 0 Å². The van der Waals surface area contributed by atoms with E-state index in [1.807, 2.05) is 0 Å². The van der Waals surface area contributed by atoms with Gasteiger partial charge in [0, 0.05) is 0 Å². The fraction of sp³-hybridized carbons (Fsp3) is 0. The van der Waals surface area contributed by atoms with Crippen molar-refractivity contribution in [1.29, 1.82) is 0 Å². The van der Waals surface area contributed by atoms with Gasteiger partial charge >= 0.3 is 26.2 Å². The van der Waals surface area contributed by atoms with Crippen LogP contribution in [0.4, 0.5) is 0 Å². The van der Waals surface area contributed by atoms with Crippen molar-refractivity contribution in [1.82, 2.24) is 0 Å². The average Bonchev–Trinajstić information content (AvgIpc) is 0. The maximum Gasteiger partial charge on any atom is 4.00 e. The van der Waals surface area contributed by atoms with Gasteiger partial charge in [0.25, 0.3) is 0 Å². The molecule has 0 saturated carbocycles. The van der Waals surface area contributed by atoms with Gasteiger partial charge in [-0.05, 0) is 0 Å². The maximum atomic E-state index is 0. The van der Waals surface area contributed by atoms with Gasteiger partial charge in [0.1, 0.15) is 0 Å². The minimum Gasteiger partial charge on any atom is -1.00 e. The molecular weight excluding hydrogens is 221 g/mol. The third kappa shape index (κ3) is 1060. The Kier molecular flexibility index (Phi) is 554000. The van der Waals surface area contributed by atoms with Crippen molar-refractivity contribution < 1.29 is 59.9 Å². The van der Waals surface area contributed by atoms with Crippen LogP contribution < -0.4 is 28.2 Å². The molecule has 0 atom stereocenters. The summed E-state index contributed by atoms with van der Waals surface area (Å²) in [5, 5.41) is 0. The van der Waals surface area contributed by atoms with E-state index in [-0.39, 0.29) is 59.9 Å². The minimum absolute atomic E-state index is 0. The van der Waals surface area contributed by atoms with Crippen molar-refractivity contribution in [3.63, 3.8) is 0 Å². The van der Waals surface area contributed by atoms with E-state index in [2.05, 4.69) is 0 Å². The molecule has 56 valence electrons. The molecule has 0 aliphatic rings. The molecule has 0 amide bonds. The summed E-state index contributed by atoms with van der Waals surface area (Å²) in [6, 6.07) is 0. The van der Waals surface area contributed by atoms with Crippen LogP contribution in [0, 0.1) is 0 Å². The van der Waals surface area contributed by atoms with Gasteiger partial charge in [-0.2, -0.15) is 0 Å². The van der Waals surface area contributed by atoms with E-state index in [1.54, 1.807) is 0 Å². The zero-order valence-electron chi connectivity index (χ0n) is 3.47. The van der Waals surface area contributed by atoms with Crippen LogP contribution in [0.25, 0.3) is 0 Å². The van der Waals surface area contributed by atoms with Crippen LogP contribution in [-0.4, -0.2) is 0 Å². The molecule has 0 fully saturated rings. The molecule has 0 aromatic rings. The molecule has 1 nitrogen and oxygen atoms in total. The number of hydrogen-bond donors (Lipinski definition) is 0. The summed E-state index contributed by atoms with van der Waals surface area (Å²) in [5.74, 6) is 0. The van der Waals surface area contributed by atoms with Gasteiger partial charge in [0.15, 0.2) is 0 Å². The van der Waals surface area contributed by atoms with E-state index in [0.717, 1.165) is 0 Å². The standard InChI is InChI=1S/6FH.H4O.Zr/h6*1H;1H4;/q;;;;;;+2;+4/p-6. The van der Waals surface area contributed by atoms with Gasteiger partial charge in [-0.3, -0.25) is 0 Å². The third-order valence-corrected chi connectivity index (χ3v) is 0. The Bertz CT molecular complexity index is 8.49. The van der Waals surface area contributed by atoms with Crippen molar-refractivity contribution in [3.05, 3.63) is 0 Å². The Morgan fingerprint density at radius 3 is 0.375 bits per heavy atom. The Labute approximate surface area is 60.5 Å². The second-order valence-corrected chi connectivity index (χ2v) is 0. The number of rotatable bonds is 0. The predicted molar refractivity (Wildman–Crippen MR) is 6.27 cm³/mol. The van der Waals surface area contributed by atoms with Gasteiger partial charge in [-0.25, -0.2) is 0 Å². The average molecular weight is 225 g/mol. The number of halogens is 6. The summed E-state index contributed by atoms with van der Waals surface area (Å²) < 4.78 is 0. The summed E-state index contributed by atoms with van der Waals surface area (Å²) in [5.41, 5.74) is 0. The van der Waals surface area contributed by atoms with Crippen LogP contribution in [0.3, 0.4) is 0 Å². The van der Waals surface area contributed by atoms with Crippen LogP contribution >= 0.6 is 0 Å². The Balaban J connectivity index is 0. The molecule has 0 bridgehead atoms. The first-order chi connectivity index (χ1) is 0. The third-order valence-electron chi connectivity index (χ3n) is 0. The molecule has 8 heavy (non-hydrogen) atoms. The zero-order valence-corrected chi connectivity index (χ0v) is 5.93. The first-order valence-electron chi connectivity index (χ1n) is 0. The van der Waals surface area contributed by atoms with Crippen LogP contribution in [0.5, 0.6) is 0 Å². The van der Waals surface area contributed by atoms with Crippen molar-refractivity contribution in [3.8, 4) is 0 Å². The molecule has 0 rings (SSSR count). The Morgan fingerprint density at radius 2 is 0.375 bits per heavy atom. The second kappa shape index (κ2) is 1710. The second-order valence-electron chi connectivity index (χ2n) is 0. The minimum atomic E-state index is 0. The normalized spacial score (nSPS) is 0. The van der Waals surface area contributed by atoms with Crippen molar-refractivity contribution in [2.24, 2.45) is 0 Å². The molecule has 8 heteroatoms. The number of hydrogen-bond acceptors (Lipinski definition) is 0. The smallest absolute Gasteiger partial charge is 1.00 e. The van der Waals surface area contributed by atoms with Gasteiger partial charge in [-0.1, -0.05) is 0 Å². The van der Waals surface area contributed by atoms with Gasteiger partial charge in [-0.15, -0.1) is 0 Å². The van der Waals surface area contributed by atoms with Crippen molar-refractivity contribution in [2.45, 2.75) is 0 Å². The molecule has 0 aromatic heterocycles. The molecular formula is H4F6OZr. The van der Waals surface area contributed by atoms with Crippen molar-refractivity contribution >= 4 is 0 Å². The van der Waals surface area contributed by atoms with Gasteiger partial charge in [0.2, 0.25) is 0 Å². The molecule has 0 aliphatic carbocycles. The molecule has 0 aliphatic heterocycles. The SMILES string of the molecule is [F-].[F-].[F-].[F-].[F-].[F-].[OH4+2].[Zr+4]. The molecule has 4 N–H and O–H groups in total. The van der Waals surface area contributed by atoms with E-state index in [1.165, 1.54) is 0 Å². The molecule has 0 radical (unpaired) electrons. The topological polar surface area (TPSA) is 34.5 Å². The van der Waals surface area contributed by atoms with Crippen LogP contribution in [0.15, 0.2) is 0 Å². The summed E-state index contributed by atoms with van der Waals surface area (Å²) in [6.07, 6.45) is 0. The van der Waals surface area contributed by atoms with E-state index in [9.17, 15) is 0 Å². The summed E-state index contributed by atoms with van der Waals surface area (Å²) in [4.78, 5) is 0. The first-order valence-corrected chi connectivity index (χ1v) is 0. The molecule has 0 saturated heterocycles. The van der Waals surface area contributed by atoms with Crippen LogP contribution in [-0.2, 0) is 31.7 Å². The van der Waals surface area contributed by atoms with E-state index < -0.39 is 0 Å².